The summed E-state index contributed by atoms with van der Waals surface area (Å²) >= 11 is 0. The lowest BCUT2D eigenvalue weighted by atomic mass is 10.2. The Morgan fingerprint density at radius 3 is 2.67 bits per heavy atom. The minimum absolute atomic E-state index is 0.0574. The van der Waals surface area contributed by atoms with Gasteiger partial charge in [0.05, 0.1) is 31.0 Å². The summed E-state index contributed by atoms with van der Waals surface area (Å²) in [7, 11) is 0. The van der Waals surface area contributed by atoms with E-state index in [0.717, 1.165) is 11.4 Å². The molecular weight excluding hydrogens is 325 g/mol. The molecule has 2 rings (SSSR count). The number of fused-ring (bicyclic) bond motifs is 1. The van der Waals surface area contributed by atoms with E-state index in [-0.39, 0.29) is 19.6 Å². The largest absolute Gasteiger partial charge is 0.394 e. The molecule has 24 heavy (non-hydrogen) atoms. The normalized spacial score (nSPS) is 13.8. The van der Waals surface area contributed by atoms with Gasteiger partial charge < -0.3 is 10.2 Å². The third kappa shape index (κ3) is 4.89. The van der Waals surface area contributed by atoms with Crippen LogP contribution in [0.15, 0.2) is 12.3 Å². The number of aliphatic hydroxyl groups excluding tert-OH is 2. The summed E-state index contributed by atoms with van der Waals surface area (Å²) in [5, 5.41) is 18.5. The lowest BCUT2D eigenvalue weighted by Gasteiger charge is -2.24. The third-order valence-corrected chi connectivity index (χ3v) is 3.64. The first-order valence-corrected chi connectivity index (χ1v) is 7.58. The predicted molar refractivity (Wildman–Crippen MR) is 81.5 cm³/mol. The monoisotopic (exact) mass is 346 g/mol. The van der Waals surface area contributed by atoms with Crippen molar-refractivity contribution < 1.29 is 23.4 Å². The van der Waals surface area contributed by atoms with Crippen LogP contribution in [0.3, 0.4) is 0 Å². The molecule has 2 aromatic heterocycles. The van der Waals surface area contributed by atoms with Crippen molar-refractivity contribution in [1.29, 1.82) is 0 Å². The van der Waals surface area contributed by atoms with Crippen molar-refractivity contribution in [2.24, 2.45) is 0 Å². The van der Waals surface area contributed by atoms with E-state index >= 15 is 0 Å². The number of alkyl halides is 3. The second-order valence-corrected chi connectivity index (χ2v) is 5.86. The fraction of sp³-hybridized carbons (Fsp3) is 0.600. The van der Waals surface area contributed by atoms with Crippen LogP contribution in [0.25, 0.3) is 5.78 Å². The Bertz CT molecular complexity index is 687. The zero-order valence-electron chi connectivity index (χ0n) is 13.6. The highest BCUT2D eigenvalue weighted by atomic mass is 19.4. The highest BCUT2D eigenvalue weighted by Crippen LogP contribution is 2.21. The number of aliphatic hydroxyl groups is 2. The summed E-state index contributed by atoms with van der Waals surface area (Å²) in [6.45, 7) is 3.05. The topological polar surface area (TPSA) is 73.9 Å². The van der Waals surface area contributed by atoms with Crippen LogP contribution in [0.4, 0.5) is 13.2 Å². The molecule has 9 heteroatoms. The number of imidazole rings is 1. The minimum Gasteiger partial charge on any atom is -0.394 e. The number of rotatable bonds is 7. The van der Waals surface area contributed by atoms with Crippen LogP contribution >= 0.6 is 0 Å². The summed E-state index contributed by atoms with van der Waals surface area (Å²) in [4.78, 5) is 9.94. The van der Waals surface area contributed by atoms with Gasteiger partial charge >= 0.3 is 6.18 Å². The van der Waals surface area contributed by atoms with E-state index in [2.05, 4.69) is 9.97 Å². The molecule has 6 nitrogen and oxygen atoms in total. The van der Waals surface area contributed by atoms with Gasteiger partial charge in [0.2, 0.25) is 5.78 Å². The third-order valence-electron chi connectivity index (χ3n) is 3.64. The highest BCUT2D eigenvalue weighted by molar-refractivity contribution is 5.35. The summed E-state index contributed by atoms with van der Waals surface area (Å²) in [5.41, 5.74) is 2.37. The van der Waals surface area contributed by atoms with E-state index in [9.17, 15) is 18.3 Å². The van der Waals surface area contributed by atoms with Crippen LogP contribution in [0.1, 0.15) is 23.5 Å². The maximum Gasteiger partial charge on any atom is 0.390 e. The van der Waals surface area contributed by atoms with Gasteiger partial charge in [-0.1, -0.05) is 0 Å². The molecule has 0 bridgehead atoms. The number of hydrogen-bond donors (Lipinski definition) is 2. The first-order chi connectivity index (χ1) is 11.2. The maximum atomic E-state index is 12.5. The van der Waals surface area contributed by atoms with Crippen molar-refractivity contribution in [3.05, 3.63) is 29.3 Å². The number of nitrogens with zero attached hydrogens (tertiary/aromatic N) is 4. The molecule has 2 N–H and O–H groups in total. The van der Waals surface area contributed by atoms with E-state index in [1.807, 2.05) is 19.9 Å². The molecule has 0 aliphatic rings. The van der Waals surface area contributed by atoms with Crippen molar-refractivity contribution in [3.8, 4) is 0 Å². The molecule has 0 unspecified atom stereocenters. The van der Waals surface area contributed by atoms with E-state index in [4.69, 9.17) is 5.11 Å². The molecule has 0 spiro atoms. The fourth-order valence-electron chi connectivity index (χ4n) is 2.61. The first-order valence-electron chi connectivity index (χ1n) is 7.58. The number of hydrogen-bond acceptors (Lipinski definition) is 5. The van der Waals surface area contributed by atoms with Crippen molar-refractivity contribution in [1.82, 2.24) is 19.3 Å². The van der Waals surface area contributed by atoms with E-state index < -0.39 is 25.3 Å². The van der Waals surface area contributed by atoms with Crippen molar-refractivity contribution in [3.63, 3.8) is 0 Å². The number of aryl methyl sites for hydroxylation is 2. The first kappa shape index (κ1) is 18.6. The molecule has 134 valence electrons. The SMILES string of the molecule is Cc1cc(C)n2c(CN(CCC(F)(F)F)C[C@H](O)CO)cnc2n1. The van der Waals surface area contributed by atoms with Gasteiger partial charge in [0, 0.05) is 31.0 Å². The quantitative estimate of drug-likeness (QED) is 0.794. The van der Waals surface area contributed by atoms with Crippen LogP contribution in [0.5, 0.6) is 0 Å². The molecule has 0 aliphatic heterocycles. The van der Waals surface area contributed by atoms with Gasteiger partial charge in [-0.3, -0.25) is 9.30 Å². The molecule has 1 atom stereocenters. The molecule has 0 radical (unpaired) electrons. The Morgan fingerprint density at radius 1 is 1.33 bits per heavy atom. The molecule has 0 saturated heterocycles. The summed E-state index contributed by atoms with van der Waals surface area (Å²) in [6.07, 6.45) is -4.80. The lowest BCUT2D eigenvalue weighted by molar-refractivity contribution is -0.139. The molecular formula is C15H21F3N4O2. The smallest absolute Gasteiger partial charge is 0.390 e. The molecule has 0 saturated carbocycles. The molecule has 0 amide bonds. The Balaban J connectivity index is 2.22. The Morgan fingerprint density at radius 2 is 2.04 bits per heavy atom. The van der Waals surface area contributed by atoms with Gasteiger partial charge in [0.15, 0.2) is 0 Å². The predicted octanol–water partition coefficient (Wildman–Crippen LogP) is 1.45. The second-order valence-electron chi connectivity index (χ2n) is 5.86. The maximum absolute atomic E-state index is 12.5. The van der Waals surface area contributed by atoms with Crippen LogP contribution in [0, 0.1) is 13.8 Å². The van der Waals surface area contributed by atoms with Gasteiger partial charge in [-0.2, -0.15) is 13.2 Å². The van der Waals surface area contributed by atoms with E-state index in [1.54, 1.807) is 10.6 Å². The van der Waals surface area contributed by atoms with Crippen LogP contribution in [-0.2, 0) is 6.54 Å². The van der Waals surface area contributed by atoms with Crippen LogP contribution in [-0.4, -0.2) is 61.5 Å². The summed E-state index contributed by atoms with van der Waals surface area (Å²) in [6, 6.07) is 1.86. The fourth-order valence-corrected chi connectivity index (χ4v) is 2.61. The molecule has 0 fully saturated rings. The van der Waals surface area contributed by atoms with Gasteiger partial charge in [-0.05, 0) is 19.9 Å². The van der Waals surface area contributed by atoms with Gasteiger partial charge in [-0.15, -0.1) is 0 Å². The zero-order chi connectivity index (χ0) is 17.9. The van der Waals surface area contributed by atoms with Gasteiger partial charge in [-0.25, -0.2) is 9.97 Å². The van der Waals surface area contributed by atoms with Crippen molar-refractivity contribution >= 4 is 5.78 Å². The van der Waals surface area contributed by atoms with Gasteiger partial charge in [0.1, 0.15) is 0 Å². The average molecular weight is 346 g/mol. The molecule has 0 aliphatic carbocycles. The van der Waals surface area contributed by atoms with Crippen LogP contribution in [0.2, 0.25) is 0 Å². The Labute approximate surface area is 137 Å². The lowest BCUT2D eigenvalue weighted by Crippen LogP contribution is -2.36. The minimum atomic E-state index is -4.28. The van der Waals surface area contributed by atoms with Crippen LogP contribution < -0.4 is 0 Å². The summed E-state index contributed by atoms with van der Waals surface area (Å²) < 4.78 is 39.3. The Kier molecular flexibility index (Phi) is 5.79. The standard InChI is InChI=1S/C15H21F3N4O2/c1-10-5-11(2)22-12(6-19-14(22)20-10)7-21(8-13(24)9-23)4-3-15(16,17)18/h5-6,13,23-24H,3-4,7-9H2,1-2H3/t13-/m0/s1. The van der Waals surface area contributed by atoms with E-state index in [1.165, 1.54) is 4.90 Å². The Hall–Kier alpha value is -1.71. The molecule has 0 aromatic carbocycles. The molecule has 2 aromatic rings. The van der Waals surface area contributed by atoms with Crippen molar-refractivity contribution in [2.45, 2.75) is 39.1 Å². The highest BCUT2D eigenvalue weighted by Gasteiger charge is 2.28. The zero-order valence-corrected chi connectivity index (χ0v) is 13.6. The summed E-state index contributed by atoms with van der Waals surface area (Å²) in [5.74, 6) is 0.487. The van der Waals surface area contributed by atoms with E-state index in [0.29, 0.717) is 11.5 Å². The second kappa shape index (κ2) is 7.45. The molecule has 2 heterocycles. The number of halogens is 3. The van der Waals surface area contributed by atoms with Gasteiger partial charge in [0.25, 0.3) is 0 Å². The number of aromatic nitrogens is 3. The van der Waals surface area contributed by atoms with Crippen molar-refractivity contribution in [2.75, 3.05) is 19.7 Å². The average Bonchev–Trinajstić information content (AvgIpc) is 2.86.